The Morgan fingerprint density at radius 3 is 2.86 bits per heavy atom. The zero-order valence-corrected chi connectivity index (χ0v) is 14.0. The van der Waals surface area contributed by atoms with Crippen LogP contribution in [0, 0.1) is 25.2 Å². The number of nitriles is 1. The van der Waals surface area contributed by atoms with E-state index in [0.717, 1.165) is 10.6 Å². The van der Waals surface area contributed by atoms with Gasteiger partial charge in [0.05, 0.1) is 17.5 Å². The molecule has 0 bridgehead atoms. The number of hydrogen-bond acceptors (Lipinski definition) is 8. The van der Waals surface area contributed by atoms with Crippen LogP contribution in [0.5, 0.6) is 0 Å². The van der Waals surface area contributed by atoms with Gasteiger partial charge in [0.2, 0.25) is 11.9 Å². The number of carbonyl (C=O) groups is 1. The Morgan fingerprint density at radius 1 is 1.55 bits per heavy atom. The summed E-state index contributed by atoms with van der Waals surface area (Å²) in [6.45, 7) is 5.53. The van der Waals surface area contributed by atoms with Crippen molar-refractivity contribution in [2.24, 2.45) is 0 Å². The second kappa shape index (κ2) is 6.76. The first-order chi connectivity index (χ1) is 10.4. The van der Waals surface area contributed by atoms with Crippen LogP contribution in [0.4, 0.5) is 11.1 Å². The van der Waals surface area contributed by atoms with Gasteiger partial charge in [-0.05, 0) is 20.8 Å². The third-order valence-electron chi connectivity index (χ3n) is 2.98. The number of thiazole rings is 1. The van der Waals surface area contributed by atoms with Crippen LogP contribution in [0.1, 0.15) is 23.5 Å². The molecule has 2 aromatic heterocycles. The molecule has 0 radical (unpaired) electrons. The smallest absolute Gasteiger partial charge is 0.249 e. The van der Waals surface area contributed by atoms with E-state index in [2.05, 4.69) is 20.5 Å². The van der Waals surface area contributed by atoms with Crippen LogP contribution in [0.2, 0.25) is 0 Å². The van der Waals surface area contributed by atoms with Crippen molar-refractivity contribution < 1.29 is 4.79 Å². The number of carbonyl (C=O) groups excluding carboxylic acids is 1. The normalized spacial score (nSPS) is 11.9. The topological polar surface area (TPSA) is 123 Å². The average Bonchev–Trinajstić information content (AvgIpc) is 2.99. The van der Waals surface area contributed by atoms with Gasteiger partial charge in [0.1, 0.15) is 6.04 Å². The predicted octanol–water partition coefficient (Wildman–Crippen LogP) is 1.75. The van der Waals surface area contributed by atoms with Gasteiger partial charge in [0, 0.05) is 4.88 Å². The van der Waals surface area contributed by atoms with Crippen molar-refractivity contribution in [1.29, 1.82) is 5.26 Å². The highest BCUT2D eigenvalue weighted by Gasteiger charge is 2.23. The first-order valence-electron chi connectivity index (χ1n) is 6.39. The lowest BCUT2D eigenvalue weighted by atomic mass is 10.3. The molecule has 2 heterocycles. The molecule has 0 aliphatic carbocycles. The number of nitrogen functional groups attached to an aromatic ring is 1. The Bertz CT molecular complexity index is 711. The molecular weight excluding hydrogens is 322 g/mol. The Hall–Kier alpha value is -2.12. The minimum Gasteiger partial charge on any atom is -0.368 e. The van der Waals surface area contributed by atoms with Crippen molar-refractivity contribution in [3.8, 4) is 6.07 Å². The molecule has 2 rings (SSSR count). The summed E-state index contributed by atoms with van der Waals surface area (Å²) in [4.78, 5) is 17.7. The highest BCUT2D eigenvalue weighted by atomic mass is 32.2. The van der Waals surface area contributed by atoms with E-state index < -0.39 is 6.04 Å². The third kappa shape index (κ3) is 3.37. The molecule has 0 aliphatic rings. The minimum atomic E-state index is -0.610. The van der Waals surface area contributed by atoms with E-state index in [-0.39, 0.29) is 17.6 Å². The van der Waals surface area contributed by atoms with Crippen molar-refractivity contribution in [1.82, 2.24) is 19.7 Å². The summed E-state index contributed by atoms with van der Waals surface area (Å²) in [5.74, 6) is 0.0748. The van der Waals surface area contributed by atoms with Crippen LogP contribution in [0.25, 0.3) is 0 Å². The van der Waals surface area contributed by atoms with Gasteiger partial charge in [0.25, 0.3) is 0 Å². The molecule has 1 amide bonds. The Labute approximate surface area is 135 Å². The number of aromatic nitrogens is 4. The maximum atomic E-state index is 12.4. The van der Waals surface area contributed by atoms with Gasteiger partial charge < -0.3 is 11.1 Å². The van der Waals surface area contributed by atoms with Gasteiger partial charge >= 0.3 is 0 Å². The van der Waals surface area contributed by atoms with E-state index in [9.17, 15) is 4.79 Å². The summed E-state index contributed by atoms with van der Waals surface area (Å²) in [6, 6.07) is 1.39. The maximum Gasteiger partial charge on any atom is 0.249 e. The van der Waals surface area contributed by atoms with Crippen molar-refractivity contribution in [2.75, 3.05) is 16.8 Å². The molecule has 0 fully saturated rings. The van der Waals surface area contributed by atoms with Gasteiger partial charge in [-0.1, -0.05) is 11.8 Å². The van der Waals surface area contributed by atoms with Gasteiger partial charge in [-0.25, -0.2) is 4.98 Å². The van der Waals surface area contributed by atoms with Gasteiger partial charge in [-0.15, -0.1) is 21.5 Å². The zero-order valence-electron chi connectivity index (χ0n) is 12.3. The standard InChI is InChI=1S/C12H15N7OS2/c1-6-8(3)22-11(15-6)16-9(20)7(2)19-10(14)17-18-12(19)21-5-4-13/h7H,5H2,1-3H3,(H2,14,17)(H,15,16,20). The summed E-state index contributed by atoms with van der Waals surface area (Å²) in [7, 11) is 0. The highest BCUT2D eigenvalue weighted by Crippen LogP contribution is 2.25. The Morgan fingerprint density at radius 2 is 2.27 bits per heavy atom. The van der Waals surface area contributed by atoms with Gasteiger partial charge in [-0.3, -0.25) is 9.36 Å². The van der Waals surface area contributed by atoms with Crippen LogP contribution in [0.15, 0.2) is 5.16 Å². The van der Waals surface area contributed by atoms with E-state index in [1.54, 1.807) is 6.92 Å². The third-order valence-corrected chi connectivity index (χ3v) is 4.78. The first kappa shape index (κ1) is 16.3. The molecule has 3 N–H and O–H groups in total. The number of aryl methyl sites for hydroxylation is 2. The second-order valence-electron chi connectivity index (χ2n) is 4.48. The molecule has 8 nitrogen and oxygen atoms in total. The predicted molar refractivity (Wildman–Crippen MR) is 85.7 cm³/mol. The number of amides is 1. The lowest BCUT2D eigenvalue weighted by molar-refractivity contribution is -0.118. The average molecular weight is 337 g/mol. The monoisotopic (exact) mass is 337 g/mol. The number of anilines is 2. The number of thioether (sulfide) groups is 1. The molecule has 2 aromatic rings. The van der Waals surface area contributed by atoms with E-state index in [1.165, 1.54) is 27.7 Å². The molecule has 1 atom stereocenters. The van der Waals surface area contributed by atoms with Gasteiger partial charge in [-0.2, -0.15) is 5.26 Å². The first-order valence-corrected chi connectivity index (χ1v) is 8.19. The lowest BCUT2D eigenvalue weighted by Crippen LogP contribution is -2.25. The molecule has 10 heteroatoms. The van der Waals surface area contributed by atoms with Crippen LogP contribution in [-0.2, 0) is 4.79 Å². The van der Waals surface area contributed by atoms with Crippen LogP contribution in [0.3, 0.4) is 0 Å². The fourth-order valence-electron chi connectivity index (χ4n) is 1.70. The fraction of sp³-hybridized carbons (Fsp3) is 0.417. The van der Waals surface area contributed by atoms with Crippen molar-refractivity contribution in [3.63, 3.8) is 0 Å². The molecule has 0 saturated heterocycles. The molecule has 116 valence electrons. The summed E-state index contributed by atoms with van der Waals surface area (Å²) < 4.78 is 1.50. The molecule has 0 saturated carbocycles. The molecule has 0 spiro atoms. The van der Waals surface area contributed by atoms with E-state index in [4.69, 9.17) is 11.0 Å². The van der Waals surface area contributed by atoms with Crippen molar-refractivity contribution in [3.05, 3.63) is 10.6 Å². The molecule has 0 aromatic carbocycles. The number of nitrogens with one attached hydrogen (secondary N) is 1. The molecular formula is C12H15N7OS2. The quantitative estimate of drug-likeness (QED) is 0.797. The van der Waals surface area contributed by atoms with Crippen molar-refractivity contribution >= 4 is 40.1 Å². The fourth-order valence-corrected chi connectivity index (χ4v) is 3.20. The number of hydrogen-bond donors (Lipinski definition) is 2. The Balaban J connectivity index is 2.17. The largest absolute Gasteiger partial charge is 0.368 e. The van der Waals surface area contributed by atoms with E-state index in [0.29, 0.717) is 10.3 Å². The lowest BCUT2D eigenvalue weighted by Gasteiger charge is -2.14. The Kier molecular flexibility index (Phi) is 4.99. The molecule has 22 heavy (non-hydrogen) atoms. The SMILES string of the molecule is Cc1nc(NC(=O)C(C)n2c(N)nnc2SCC#N)sc1C. The van der Waals surface area contributed by atoms with Crippen LogP contribution in [-0.4, -0.2) is 31.4 Å². The van der Waals surface area contributed by atoms with Crippen LogP contribution >= 0.6 is 23.1 Å². The highest BCUT2D eigenvalue weighted by molar-refractivity contribution is 7.99. The summed E-state index contributed by atoms with van der Waals surface area (Å²) >= 11 is 2.60. The molecule has 0 aliphatic heterocycles. The second-order valence-corrected chi connectivity index (χ2v) is 6.63. The maximum absolute atomic E-state index is 12.4. The van der Waals surface area contributed by atoms with Crippen LogP contribution < -0.4 is 11.1 Å². The molecule has 1 unspecified atom stereocenters. The van der Waals surface area contributed by atoms with Crippen molar-refractivity contribution in [2.45, 2.75) is 32.0 Å². The summed E-state index contributed by atoms with van der Waals surface area (Å²) in [5.41, 5.74) is 6.66. The number of nitrogens with zero attached hydrogens (tertiary/aromatic N) is 5. The van der Waals surface area contributed by atoms with E-state index in [1.807, 2.05) is 19.9 Å². The van der Waals surface area contributed by atoms with Gasteiger partial charge in [0.15, 0.2) is 10.3 Å². The van der Waals surface area contributed by atoms with E-state index >= 15 is 0 Å². The summed E-state index contributed by atoms with van der Waals surface area (Å²) in [5, 5.41) is 20.1. The number of rotatable bonds is 5. The summed E-state index contributed by atoms with van der Waals surface area (Å²) in [6.07, 6.45) is 0. The minimum absolute atomic E-state index is 0.134. The zero-order chi connectivity index (χ0) is 16.3. The number of nitrogens with two attached hydrogens (primary N) is 1.